The average Bonchev–Trinajstić information content (AvgIpc) is 3.63. The topological polar surface area (TPSA) is 95.6 Å². The number of alkyl halides is 3. The van der Waals surface area contributed by atoms with Crippen molar-refractivity contribution in [1.82, 2.24) is 24.9 Å². The lowest BCUT2D eigenvalue weighted by Gasteiger charge is -2.55. The van der Waals surface area contributed by atoms with Gasteiger partial charge < -0.3 is 19.4 Å². The molecule has 1 aromatic carbocycles. The zero-order valence-corrected chi connectivity index (χ0v) is 23.4. The van der Waals surface area contributed by atoms with Gasteiger partial charge in [0.2, 0.25) is 17.6 Å². The van der Waals surface area contributed by atoms with Gasteiger partial charge >= 0.3 is 6.18 Å². The molecule has 6 rings (SSSR count). The van der Waals surface area contributed by atoms with Gasteiger partial charge in [-0.3, -0.25) is 9.78 Å². The molecule has 0 bridgehead atoms. The van der Waals surface area contributed by atoms with Crippen LogP contribution in [0.1, 0.15) is 68.0 Å². The SMILES string of the molecule is CC(=O)N1CCC(c2nc(-c3cncc(C(O)(c4ccc(C5(C(F)(F)F)CC5)cc4)C4(C)CN(C)C4)c3)no2)CC1. The summed E-state index contributed by atoms with van der Waals surface area (Å²) < 4.78 is 46.9. The highest BCUT2D eigenvalue weighted by Crippen LogP contribution is 2.59. The van der Waals surface area contributed by atoms with E-state index in [9.17, 15) is 23.1 Å². The Morgan fingerprint density at radius 2 is 1.73 bits per heavy atom. The second-order valence-electron chi connectivity index (χ2n) is 12.3. The molecule has 218 valence electrons. The van der Waals surface area contributed by atoms with Crippen molar-refractivity contribution in [1.29, 1.82) is 0 Å². The van der Waals surface area contributed by atoms with Gasteiger partial charge in [-0.1, -0.05) is 36.3 Å². The molecule has 1 atom stereocenters. The number of carbonyl (C=O) groups excluding carboxylic acids is 1. The maximum atomic E-state index is 13.8. The Kier molecular flexibility index (Phi) is 6.53. The average molecular weight is 570 g/mol. The molecule has 2 saturated heterocycles. The lowest BCUT2D eigenvalue weighted by Crippen LogP contribution is -2.63. The van der Waals surface area contributed by atoms with Crippen molar-refractivity contribution in [2.45, 2.75) is 62.6 Å². The minimum absolute atomic E-state index is 0.0503. The first-order chi connectivity index (χ1) is 19.4. The fourth-order valence-electron chi connectivity index (χ4n) is 6.85. The van der Waals surface area contributed by atoms with E-state index < -0.39 is 22.6 Å². The highest BCUT2D eigenvalue weighted by Gasteiger charge is 2.64. The van der Waals surface area contributed by atoms with Crippen molar-refractivity contribution >= 4 is 5.91 Å². The third-order valence-electron chi connectivity index (χ3n) is 9.40. The first kappa shape index (κ1) is 27.8. The van der Waals surface area contributed by atoms with Crippen LogP contribution in [0.5, 0.6) is 0 Å². The van der Waals surface area contributed by atoms with Crippen LogP contribution in [0, 0.1) is 5.41 Å². The molecule has 8 nitrogen and oxygen atoms in total. The van der Waals surface area contributed by atoms with Gasteiger partial charge in [0.25, 0.3) is 0 Å². The predicted molar refractivity (Wildman–Crippen MR) is 144 cm³/mol. The van der Waals surface area contributed by atoms with Crippen LogP contribution in [0.25, 0.3) is 11.4 Å². The van der Waals surface area contributed by atoms with E-state index >= 15 is 0 Å². The van der Waals surface area contributed by atoms with E-state index in [4.69, 9.17) is 4.52 Å². The third-order valence-corrected chi connectivity index (χ3v) is 9.40. The van der Waals surface area contributed by atoms with Crippen LogP contribution < -0.4 is 0 Å². The number of aromatic nitrogens is 3. The van der Waals surface area contributed by atoms with Gasteiger partial charge in [0.05, 0.1) is 5.41 Å². The van der Waals surface area contributed by atoms with Crippen molar-refractivity contribution in [3.05, 3.63) is 65.3 Å². The summed E-state index contributed by atoms with van der Waals surface area (Å²) in [7, 11) is 1.96. The fraction of sp³-hybridized carbons (Fsp3) is 0.533. The second kappa shape index (κ2) is 9.62. The maximum Gasteiger partial charge on any atom is 0.398 e. The van der Waals surface area contributed by atoms with Crippen molar-refractivity contribution in [2.24, 2.45) is 5.41 Å². The summed E-state index contributed by atoms with van der Waals surface area (Å²) in [6.45, 7) is 6.00. The van der Waals surface area contributed by atoms with E-state index in [-0.39, 0.29) is 30.2 Å². The number of rotatable bonds is 6. The van der Waals surface area contributed by atoms with E-state index in [0.29, 0.717) is 54.6 Å². The van der Waals surface area contributed by atoms with Gasteiger partial charge in [0, 0.05) is 68.0 Å². The number of likely N-dealkylation sites (tertiary alicyclic amines) is 2. The van der Waals surface area contributed by atoms with E-state index in [1.54, 1.807) is 42.4 Å². The van der Waals surface area contributed by atoms with Crippen LogP contribution in [0.3, 0.4) is 0 Å². The molecule has 1 N–H and O–H groups in total. The van der Waals surface area contributed by atoms with Gasteiger partial charge in [0.1, 0.15) is 5.60 Å². The van der Waals surface area contributed by atoms with Gasteiger partial charge in [-0.2, -0.15) is 18.2 Å². The first-order valence-corrected chi connectivity index (χ1v) is 14.0. The van der Waals surface area contributed by atoms with Crippen LogP contribution in [-0.2, 0) is 15.8 Å². The van der Waals surface area contributed by atoms with E-state index in [2.05, 4.69) is 20.0 Å². The van der Waals surface area contributed by atoms with Crippen LogP contribution in [0.2, 0.25) is 0 Å². The van der Waals surface area contributed by atoms with Crippen molar-refractivity contribution < 1.29 is 27.6 Å². The van der Waals surface area contributed by atoms with Crippen LogP contribution in [-0.4, -0.2) is 75.3 Å². The molecule has 2 aliphatic heterocycles. The zero-order chi connectivity index (χ0) is 29.2. The van der Waals surface area contributed by atoms with E-state index in [1.165, 1.54) is 12.1 Å². The molecular weight excluding hydrogens is 535 g/mol. The Morgan fingerprint density at radius 1 is 1.07 bits per heavy atom. The number of amides is 1. The standard InChI is InChI=1S/C30H34F3N5O3/c1-19(39)38-12-8-20(9-13-38)26-35-25(36-41-26)21-14-24(16-34-15-21)29(40,27(2)17-37(3)18-27)23-6-4-22(5-7-23)28(10-11-28)30(31,32)33/h4-7,14-16,20,40H,8-13,17-18H2,1-3H3. The minimum Gasteiger partial charge on any atom is -0.380 e. The van der Waals surface area contributed by atoms with Gasteiger partial charge in [-0.15, -0.1) is 0 Å². The lowest BCUT2D eigenvalue weighted by atomic mass is 9.62. The molecule has 41 heavy (non-hydrogen) atoms. The molecule has 4 heterocycles. The first-order valence-electron chi connectivity index (χ1n) is 14.0. The van der Waals surface area contributed by atoms with Gasteiger partial charge in [-0.25, -0.2) is 0 Å². The van der Waals surface area contributed by atoms with E-state index in [0.717, 1.165) is 12.8 Å². The molecule has 1 unspecified atom stereocenters. The third kappa shape index (κ3) is 4.53. The van der Waals surface area contributed by atoms with Gasteiger partial charge in [0.15, 0.2) is 0 Å². The molecule has 11 heteroatoms. The smallest absolute Gasteiger partial charge is 0.380 e. The fourth-order valence-corrected chi connectivity index (χ4v) is 6.85. The molecule has 1 aliphatic carbocycles. The number of aliphatic hydroxyl groups is 1. The van der Waals surface area contributed by atoms with E-state index in [1.807, 2.05) is 14.0 Å². The number of hydrogen-bond acceptors (Lipinski definition) is 7. The minimum atomic E-state index is -4.31. The molecule has 0 spiro atoms. The maximum absolute atomic E-state index is 13.8. The summed E-state index contributed by atoms with van der Waals surface area (Å²) >= 11 is 0. The lowest BCUT2D eigenvalue weighted by molar-refractivity contribution is -0.160. The molecule has 1 saturated carbocycles. The quantitative estimate of drug-likeness (QED) is 0.462. The van der Waals surface area contributed by atoms with Crippen molar-refractivity contribution in [3.63, 3.8) is 0 Å². The molecule has 3 fully saturated rings. The molecule has 3 aliphatic rings. The van der Waals surface area contributed by atoms with Gasteiger partial charge in [-0.05, 0) is 49.9 Å². The Morgan fingerprint density at radius 3 is 2.29 bits per heavy atom. The largest absolute Gasteiger partial charge is 0.398 e. The van der Waals surface area contributed by atoms with Crippen LogP contribution >= 0.6 is 0 Å². The summed E-state index contributed by atoms with van der Waals surface area (Å²) in [5, 5.41) is 16.7. The number of piperidine rings is 1. The Hall–Kier alpha value is -3.31. The number of carbonyl (C=O) groups is 1. The number of hydrogen-bond donors (Lipinski definition) is 1. The van der Waals surface area contributed by atoms with Crippen molar-refractivity contribution in [2.75, 3.05) is 33.2 Å². The Bertz CT molecular complexity index is 1440. The summed E-state index contributed by atoms with van der Waals surface area (Å²) in [6.07, 6.45) is 0.522. The Labute approximate surface area is 236 Å². The number of pyridine rings is 1. The number of halogens is 3. The highest BCUT2D eigenvalue weighted by molar-refractivity contribution is 5.73. The Balaban J connectivity index is 1.32. The molecule has 1 amide bonds. The highest BCUT2D eigenvalue weighted by atomic mass is 19.4. The number of nitrogens with zero attached hydrogens (tertiary/aromatic N) is 5. The zero-order valence-electron chi connectivity index (χ0n) is 23.4. The predicted octanol–water partition coefficient (Wildman–Crippen LogP) is 4.64. The normalized spacial score (nSPS) is 22.2. The summed E-state index contributed by atoms with van der Waals surface area (Å²) in [6, 6.07) is 8.05. The summed E-state index contributed by atoms with van der Waals surface area (Å²) in [4.78, 5) is 24.6. The summed E-state index contributed by atoms with van der Waals surface area (Å²) in [5.41, 5.74) is -2.10. The molecule has 3 aromatic rings. The van der Waals surface area contributed by atoms with Crippen molar-refractivity contribution in [3.8, 4) is 11.4 Å². The van der Waals surface area contributed by atoms with Crippen LogP contribution in [0.15, 0.2) is 47.2 Å². The summed E-state index contributed by atoms with van der Waals surface area (Å²) in [5.74, 6) is 0.955. The monoisotopic (exact) mass is 569 g/mol. The second-order valence-corrected chi connectivity index (χ2v) is 12.3. The van der Waals surface area contributed by atoms with Crippen LogP contribution in [0.4, 0.5) is 13.2 Å². The number of benzene rings is 1. The molecule has 0 radical (unpaired) electrons. The molecule has 2 aromatic heterocycles. The molecular formula is C30H34F3N5O3.